The van der Waals surface area contributed by atoms with Crippen LogP contribution in [0.15, 0.2) is 24.7 Å². The lowest BCUT2D eigenvalue weighted by molar-refractivity contribution is 0.318. The van der Waals surface area contributed by atoms with Crippen LogP contribution in [0.2, 0.25) is 0 Å². The Morgan fingerprint density at radius 1 is 1.25 bits per heavy atom. The fourth-order valence-electron chi connectivity index (χ4n) is 3.12. The highest BCUT2D eigenvalue weighted by atomic mass is 32.2. The summed E-state index contributed by atoms with van der Waals surface area (Å²) < 4.78 is 26.7. The van der Waals surface area contributed by atoms with Gasteiger partial charge in [0, 0.05) is 37.9 Å². The molecule has 0 bridgehead atoms. The third-order valence-electron chi connectivity index (χ3n) is 4.41. The van der Waals surface area contributed by atoms with E-state index < -0.39 is 10.0 Å². The smallest absolute Gasteiger partial charge is 0.211 e. The van der Waals surface area contributed by atoms with E-state index in [1.165, 1.54) is 10.6 Å². The predicted octanol–water partition coefficient (Wildman–Crippen LogP) is 1.89. The largest absolute Gasteiger partial charge is 0.263 e. The molecular formula is C16H23N5O2S. The Balaban J connectivity index is 1.78. The molecule has 1 fully saturated rings. The van der Waals surface area contributed by atoms with Gasteiger partial charge in [0.05, 0.1) is 23.8 Å². The first kappa shape index (κ1) is 17.0. The molecule has 0 spiro atoms. The number of aryl methyl sites for hydroxylation is 1. The van der Waals surface area contributed by atoms with Gasteiger partial charge in [-0.25, -0.2) is 17.7 Å². The van der Waals surface area contributed by atoms with Crippen LogP contribution < -0.4 is 0 Å². The van der Waals surface area contributed by atoms with Gasteiger partial charge in [0.25, 0.3) is 0 Å². The second kappa shape index (κ2) is 6.98. The molecule has 24 heavy (non-hydrogen) atoms. The van der Waals surface area contributed by atoms with Crippen molar-refractivity contribution in [3.05, 3.63) is 30.4 Å². The SMILES string of the molecule is CCCn1nccc1-c1cncc(C2CCN(S(C)(=O)=O)CC2)n1. The van der Waals surface area contributed by atoms with E-state index in [9.17, 15) is 8.42 Å². The Kier molecular flexibility index (Phi) is 4.96. The highest BCUT2D eigenvalue weighted by Crippen LogP contribution is 2.28. The fourth-order valence-corrected chi connectivity index (χ4v) is 4.00. The van der Waals surface area contributed by atoms with Gasteiger partial charge < -0.3 is 0 Å². The first-order chi connectivity index (χ1) is 11.5. The number of aromatic nitrogens is 4. The molecule has 0 saturated carbocycles. The predicted molar refractivity (Wildman–Crippen MR) is 91.9 cm³/mol. The zero-order valence-corrected chi connectivity index (χ0v) is 14.9. The molecular weight excluding hydrogens is 326 g/mol. The van der Waals surface area contributed by atoms with Crippen LogP contribution in [0.5, 0.6) is 0 Å². The maximum Gasteiger partial charge on any atom is 0.211 e. The molecule has 0 aromatic carbocycles. The van der Waals surface area contributed by atoms with E-state index in [4.69, 9.17) is 4.98 Å². The number of piperidine rings is 1. The molecule has 0 N–H and O–H groups in total. The van der Waals surface area contributed by atoms with Crippen molar-refractivity contribution in [1.29, 1.82) is 0 Å². The molecule has 0 amide bonds. The van der Waals surface area contributed by atoms with Gasteiger partial charge in [0.2, 0.25) is 10.0 Å². The number of hydrogen-bond donors (Lipinski definition) is 0. The van der Waals surface area contributed by atoms with Crippen molar-refractivity contribution in [1.82, 2.24) is 24.1 Å². The standard InChI is InChI=1S/C16H23N5O2S/c1-3-8-21-16(4-7-18-21)15-12-17-11-14(19-15)13-5-9-20(10-6-13)24(2,22)23/h4,7,11-13H,3,5-6,8-10H2,1-2H3. The molecule has 8 heteroatoms. The van der Waals surface area contributed by atoms with Crippen LogP contribution in [0.1, 0.15) is 37.8 Å². The third kappa shape index (κ3) is 3.64. The lowest BCUT2D eigenvalue weighted by atomic mass is 9.95. The van der Waals surface area contributed by atoms with Crippen molar-refractivity contribution >= 4 is 10.0 Å². The Morgan fingerprint density at radius 2 is 2.00 bits per heavy atom. The molecule has 130 valence electrons. The van der Waals surface area contributed by atoms with Crippen LogP contribution in [0.4, 0.5) is 0 Å². The monoisotopic (exact) mass is 349 g/mol. The minimum Gasteiger partial charge on any atom is -0.263 e. The van der Waals surface area contributed by atoms with Crippen LogP contribution in [-0.4, -0.2) is 51.8 Å². The van der Waals surface area contributed by atoms with E-state index in [0.29, 0.717) is 13.1 Å². The zero-order valence-electron chi connectivity index (χ0n) is 14.1. The van der Waals surface area contributed by atoms with E-state index >= 15 is 0 Å². The Labute approximate surface area is 142 Å². The van der Waals surface area contributed by atoms with Gasteiger partial charge in [0.1, 0.15) is 5.69 Å². The highest BCUT2D eigenvalue weighted by Gasteiger charge is 2.27. The van der Waals surface area contributed by atoms with E-state index in [0.717, 1.165) is 42.9 Å². The van der Waals surface area contributed by atoms with Gasteiger partial charge in [-0.1, -0.05) is 6.92 Å². The lowest BCUT2D eigenvalue weighted by Crippen LogP contribution is -2.37. The quantitative estimate of drug-likeness (QED) is 0.823. The maximum atomic E-state index is 11.6. The summed E-state index contributed by atoms with van der Waals surface area (Å²) in [6.45, 7) is 4.05. The molecule has 3 rings (SSSR count). The van der Waals surface area contributed by atoms with Crippen LogP contribution >= 0.6 is 0 Å². The molecule has 0 unspecified atom stereocenters. The highest BCUT2D eigenvalue weighted by molar-refractivity contribution is 7.88. The van der Waals surface area contributed by atoms with E-state index in [-0.39, 0.29) is 5.92 Å². The molecule has 1 aliphatic heterocycles. The Morgan fingerprint density at radius 3 is 2.67 bits per heavy atom. The average Bonchev–Trinajstić information content (AvgIpc) is 3.03. The van der Waals surface area contributed by atoms with Gasteiger partial charge in [-0.15, -0.1) is 0 Å². The van der Waals surface area contributed by atoms with Crippen molar-refractivity contribution in [2.45, 2.75) is 38.6 Å². The number of sulfonamides is 1. The molecule has 1 aliphatic rings. The van der Waals surface area contributed by atoms with Gasteiger partial charge >= 0.3 is 0 Å². The molecule has 1 saturated heterocycles. The Bertz CT molecular complexity index is 794. The van der Waals surface area contributed by atoms with Crippen LogP contribution in [0.25, 0.3) is 11.4 Å². The molecule has 0 radical (unpaired) electrons. The summed E-state index contributed by atoms with van der Waals surface area (Å²) in [5.41, 5.74) is 2.73. The molecule has 3 heterocycles. The van der Waals surface area contributed by atoms with E-state index in [2.05, 4.69) is 17.0 Å². The number of hydrogen-bond acceptors (Lipinski definition) is 5. The summed E-state index contributed by atoms with van der Waals surface area (Å²) in [6.07, 6.45) is 9.17. The molecule has 0 atom stereocenters. The van der Waals surface area contributed by atoms with E-state index in [1.807, 2.05) is 10.7 Å². The summed E-state index contributed by atoms with van der Waals surface area (Å²) in [4.78, 5) is 9.13. The summed E-state index contributed by atoms with van der Waals surface area (Å²) >= 11 is 0. The Hall–Kier alpha value is -1.80. The summed E-state index contributed by atoms with van der Waals surface area (Å²) in [5.74, 6) is 0.248. The van der Waals surface area contributed by atoms with Gasteiger partial charge in [-0.2, -0.15) is 5.10 Å². The zero-order chi connectivity index (χ0) is 17.2. The first-order valence-electron chi connectivity index (χ1n) is 8.28. The van der Waals surface area contributed by atoms with Crippen LogP contribution in [0, 0.1) is 0 Å². The normalized spacial score (nSPS) is 17.2. The molecule has 2 aromatic rings. The second-order valence-corrected chi connectivity index (χ2v) is 8.19. The van der Waals surface area contributed by atoms with Gasteiger partial charge in [-0.05, 0) is 25.3 Å². The third-order valence-corrected chi connectivity index (χ3v) is 5.71. The topological polar surface area (TPSA) is 81.0 Å². The lowest BCUT2D eigenvalue weighted by Gasteiger charge is -2.29. The fraction of sp³-hybridized carbons (Fsp3) is 0.562. The van der Waals surface area contributed by atoms with Crippen molar-refractivity contribution in [3.8, 4) is 11.4 Å². The summed E-state index contributed by atoms with van der Waals surface area (Å²) in [7, 11) is -3.10. The number of nitrogens with zero attached hydrogens (tertiary/aromatic N) is 5. The van der Waals surface area contributed by atoms with Crippen molar-refractivity contribution in [2.75, 3.05) is 19.3 Å². The molecule has 7 nitrogen and oxygen atoms in total. The van der Waals surface area contributed by atoms with Crippen LogP contribution in [-0.2, 0) is 16.6 Å². The summed E-state index contributed by atoms with van der Waals surface area (Å²) in [5, 5.41) is 4.34. The van der Waals surface area contributed by atoms with Crippen molar-refractivity contribution in [2.24, 2.45) is 0 Å². The summed E-state index contributed by atoms with van der Waals surface area (Å²) in [6, 6.07) is 1.95. The van der Waals surface area contributed by atoms with Gasteiger partial charge in [-0.3, -0.25) is 9.67 Å². The maximum absolute atomic E-state index is 11.6. The van der Waals surface area contributed by atoms with Gasteiger partial charge in [0.15, 0.2) is 0 Å². The minimum atomic E-state index is -3.10. The first-order valence-corrected chi connectivity index (χ1v) is 10.1. The minimum absolute atomic E-state index is 0.248. The molecule has 2 aromatic heterocycles. The second-order valence-electron chi connectivity index (χ2n) is 6.21. The number of rotatable bonds is 5. The van der Waals surface area contributed by atoms with Crippen molar-refractivity contribution in [3.63, 3.8) is 0 Å². The van der Waals surface area contributed by atoms with Crippen molar-refractivity contribution < 1.29 is 8.42 Å². The molecule has 0 aliphatic carbocycles. The van der Waals surface area contributed by atoms with E-state index in [1.54, 1.807) is 18.6 Å². The average molecular weight is 349 g/mol. The van der Waals surface area contributed by atoms with Crippen LogP contribution in [0.3, 0.4) is 0 Å².